The van der Waals surface area contributed by atoms with Gasteiger partial charge in [0.05, 0.1) is 13.7 Å². The van der Waals surface area contributed by atoms with Gasteiger partial charge in [-0.2, -0.15) is 0 Å². The maximum absolute atomic E-state index is 8.92. The van der Waals surface area contributed by atoms with Crippen LogP contribution in [0, 0.1) is 13.8 Å². The van der Waals surface area contributed by atoms with Gasteiger partial charge in [0.15, 0.2) is 0 Å². The van der Waals surface area contributed by atoms with Crippen LogP contribution in [0.3, 0.4) is 0 Å². The first-order valence-corrected chi connectivity index (χ1v) is 5.09. The Labute approximate surface area is 90.9 Å². The largest absolute Gasteiger partial charge is 0.496 e. The van der Waals surface area contributed by atoms with Crippen molar-refractivity contribution in [3.05, 3.63) is 28.8 Å². The van der Waals surface area contributed by atoms with Crippen LogP contribution in [0.1, 0.15) is 16.7 Å². The van der Waals surface area contributed by atoms with E-state index in [-0.39, 0.29) is 12.6 Å². The van der Waals surface area contributed by atoms with Crippen molar-refractivity contribution in [3.63, 3.8) is 0 Å². The van der Waals surface area contributed by atoms with Gasteiger partial charge >= 0.3 is 0 Å². The molecule has 0 fully saturated rings. The molecule has 84 valence electrons. The molecule has 0 saturated carbocycles. The first-order chi connectivity index (χ1) is 7.08. The van der Waals surface area contributed by atoms with Gasteiger partial charge in [-0.05, 0) is 43.0 Å². The quantitative estimate of drug-likeness (QED) is 0.782. The van der Waals surface area contributed by atoms with Gasteiger partial charge in [-0.15, -0.1) is 0 Å². The van der Waals surface area contributed by atoms with Gasteiger partial charge < -0.3 is 15.6 Å². The van der Waals surface area contributed by atoms with Gasteiger partial charge in [-0.1, -0.05) is 6.07 Å². The summed E-state index contributed by atoms with van der Waals surface area (Å²) in [6.45, 7) is 4.10. The molecule has 3 N–H and O–H groups in total. The van der Waals surface area contributed by atoms with Crippen LogP contribution in [0.4, 0.5) is 0 Å². The number of ether oxygens (including phenoxy) is 1. The van der Waals surface area contributed by atoms with E-state index in [1.54, 1.807) is 7.11 Å². The molecular formula is C12H19NO2. The Kier molecular flexibility index (Phi) is 4.12. The fourth-order valence-corrected chi connectivity index (χ4v) is 1.55. The highest BCUT2D eigenvalue weighted by molar-refractivity contribution is 5.42. The molecule has 0 saturated heterocycles. The molecule has 0 aliphatic heterocycles. The molecule has 0 radical (unpaired) electrons. The number of aliphatic hydroxyl groups excluding tert-OH is 1. The normalized spacial score (nSPS) is 12.6. The second-order valence-corrected chi connectivity index (χ2v) is 3.90. The average molecular weight is 209 g/mol. The maximum Gasteiger partial charge on any atom is 0.122 e. The van der Waals surface area contributed by atoms with E-state index in [0.717, 1.165) is 11.3 Å². The lowest BCUT2D eigenvalue weighted by Gasteiger charge is -2.14. The molecule has 0 amide bonds. The van der Waals surface area contributed by atoms with E-state index in [9.17, 15) is 0 Å². The summed E-state index contributed by atoms with van der Waals surface area (Å²) in [5.41, 5.74) is 9.19. The molecular weight excluding hydrogens is 190 g/mol. The Morgan fingerprint density at radius 3 is 2.47 bits per heavy atom. The standard InChI is InChI=1S/C12H19NO2/c1-8-4-10(6-11(13)7-14)12(15-3)5-9(8)2/h4-5,11,14H,6-7,13H2,1-3H3. The summed E-state index contributed by atoms with van der Waals surface area (Å²) in [6, 6.07) is 3.86. The lowest BCUT2D eigenvalue weighted by Crippen LogP contribution is -2.27. The van der Waals surface area contributed by atoms with Crippen molar-refractivity contribution in [2.45, 2.75) is 26.3 Å². The fourth-order valence-electron chi connectivity index (χ4n) is 1.55. The summed E-state index contributed by atoms with van der Waals surface area (Å²) in [6.07, 6.45) is 0.640. The summed E-state index contributed by atoms with van der Waals surface area (Å²) < 4.78 is 5.29. The van der Waals surface area contributed by atoms with Gasteiger partial charge in [-0.25, -0.2) is 0 Å². The van der Waals surface area contributed by atoms with Crippen LogP contribution < -0.4 is 10.5 Å². The molecule has 1 atom stereocenters. The predicted octanol–water partition coefficient (Wildman–Crippen LogP) is 1.17. The molecule has 3 heteroatoms. The molecule has 0 spiro atoms. The molecule has 3 nitrogen and oxygen atoms in total. The van der Waals surface area contributed by atoms with Crippen LogP contribution in [0.15, 0.2) is 12.1 Å². The van der Waals surface area contributed by atoms with Gasteiger partial charge in [-0.3, -0.25) is 0 Å². The lowest BCUT2D eigenvalue weighted by atomic mass is 10.0. The van der Waals surface area contributed by atoms with Gasteiger partial charge in [0.25, 0.3) is 0 Å². The second-order valence-electron chi connectivity index (χ2n) is 3.90. The average Bonchev–Trinajstić information content (AvgIpc) is 2.22. The van der Waals surface area contributed by atoms with E-state index in [1.165, 1.54) is 11.1 Å². The summed E-state index contributed by atoms with van der Waals surface area (Å²) in [5.74, 6) is 0.849. The van der Waals surface area contributed by atoms with Gasteiger partial charge in [0.2, 0.25) is 0 Å². The van der Waals surface area contributed by atoms with E-state index in [1.807, 2.05) is 13.0 Å². The van der Waals surface area contributed by atoms with E-state index in [0.29, 0.717) is 6.42 Å². The topological polar surface area (TPSA) is 55.5 Å². The van der Waals surface area contributed by atoms with Crippen LogP contribution in [-0.4, -0.2) is 24.9 Å². The van der Waals surface area contributed by atoms with Crippen LogP contribution in [-0.2, 0) is 6.42 Å². The number of aliphatic hydroxyl groups is 1. The smallest absolute Gasteiger partial charge is 0.122 e. The fraction of sp³-hybridized carbons (Fsp3) is 0.500. The molecule has 1 aromatic rings. The van der Waals surface area contributed by atoms with Crippen molar-refractivity contribution in [3.8, 4) is 5.75 Å². The maximum atomic E-state index is 8.92. The third kappa shape index (κ3) is 2.94. The molecule has 0 heterocycles. The Bertz CT molecular complexity index is 337. The first-order valence-electron chi connectivity index (χ1n) is 5.09. The summed E-state index contributed by atoms with van der Waals surface area (Å²) in [7, 11) is 1.65. The Morgan fingerprint density at radius 2 is 1.93 bits per heavy atom. The Hall–Kier alpha value is -1.06. The van der Waals surface area contributed by atoms with E-state index < -0.39 is 0 Å². The van der Waals surface area contributed by atoms with Crippen LogP contribution in [0.2, 0.25) is 0 Å². The zero-order valence-electron chi connectivity index (χ0n) is 9.58. The van der Waals surface area contributed by atoms with Crippen molar-refractivity contribution < 1.29 is 9.84 Å². The van der Waals surface area contributed by atoms with Crippen LogP contribution in [0.25, 0.3) is 0 Å². The second kappa shape index (κ2) is 5.14. The number of hydrogen-bond acceptors (Lipinski definition) is 3. The van der Waals surface area contributed by atoms with Crippen molar-refractivity contribution in [2.24, 2.45) is 5.73 Å². The van der Waals surface area contributed by atoms with Gasteiger partial charge in [0, 0.05) is 6.04 Å². The van der Waals surface area contributed by atoms with E-state index >= 15 is 0 Å². The predicted molar refractivity (Wildman–Crippen MR) is 61.2 cm³/mol. The minimum atomic E-state index is -0.221. The first kappa shape index (κ1) is 12.0. The molecule has 1 unspecified atom stereocenters. The monoisotopic (exact) mass is 209 g/mol. The third-order valence-electron chi connectivity index (χ3n) is 2.61. The summed E-state index contributed by atoms with van der Waals surface area (Å²) in [4.78, 5) is 0. The Balaban J connectivity index is 2.99. The number of benzene rings is 1. The van der Waals surface area contributed by atoms with Crippen molar-refractivity contribution in [1.29, 1.82) is 0 Å². The number of rotatable bonds is 4. The van der Waals surface area contributed by atoms with E-state index in [4.69, 9.17) is 15.6 Å². The number of hydrogen-bond donors (Lipinski definition) is 2. The summed E-state index contributed by atoms with van der Waals surface area (Å²) >= 11 is 0. The number of aryl methyl sites for hydroxylation is 2. The molecule has 15 heavy (non-hydrogen) atoms. The molecule has 1 aromatic carbocycles. The molecule has 0 aliphatic rings. The van der Waals surface area contributed by atoms with Gasteiger partial charge in [0.1, 0.15) is 5.75 Å². The van der Waals surface area contributed by atoms with Crippen molar-refractivity contribution in [2.75, 3.05) is 13.7 Å². The van der Waals surface area contributed by atoms with Crippen molar-refractivity contribution >= 4 is 0 Å². The zero-order chi connectivity index (χ0) is 11.4. The van der Waals surface area contributed by atoms with E-state index in [2.05, 4.69) is 13.0 Å². The number of nitrogens with two attached hydrogens (primary N) is 1. The minimum absolute atomic E-state index is 0.00389. The van der Waals surface area contributed by atoms with Crippen LogP contribution >= 0.6 is 0 Å². The molecule has 0 aromatic heterocycles. The molecule has 1 rings (SSSR count). The Morgan fingerprint density at radius 1 is 1.33 bits per heavy atom. The SMILES string of the molecule is COc1cc(C)c(C)cc1CC(N)CO. The minimum Gasteiger partial charge on any atom is -0.496 e. The highest BCUT2D eigenvalue weighted by Gasteiger charge is 2.09. The zero-order valence-corrected chi connectivity index (χ0v) is 9.58. The summed E-state index contributed by atoms with van der Waals surface area (Å²) in [5, 5.41) is 8.92. The molecule has 0 aliphatic carbocycles. The highest BCUT2D eigenvalue weighted by Crippen LogP contribution is 2.23. The number of methoxy groups -OCH3 is 1. The molecule has 0 bridgehead atoms. The van der Waals surface area contributed by atoms with Crippen LogP contribution in [0.5, 0.6) is 5.75 Å². The lowest BCUT2D eigenvalue weighted by molar-refractivity contribution is 0.264. The highest BCUT2D eigenvalue weighted by atomic mass is 16.5. The van der Waals surface area contributed by atoms with Crippen molar-refractivity contribution in [1.82, 2.24) is 0 Å². The third-order valence-corrected chi connectivity index (χ3v) is 2.61.